The van der Waals surface area contributed by atoms with Crippen LogP contribution in [-0.2, 0) is 16.1 Å². The number of halogens is 1. The number of ether oxygens (including phenoxy) is 2. The molecule has 6 nitrogen and oxygen atoms in total. The van der Waals surface area contributed by atoms with Crippen molar-refractivity contribution in [3.8, 4) is 5.75 Å². The van der Waals surface area contributed by atoms with Gasteiger partial charge in [0.05, 0.1) is 29.6 Å². The van der Waals surface area contributed by atoms with E-state index in [1.807, 2.05) is 18.2 Å². The molecule has 1 aromatic heterocycles. The van der Waals surface area contributed by atoms with Crippen molar-refractivity contribution >= 4 is 40.2 Å². The van der Waals surface area contributed by atoms with E-state index in [0.717, 1.165) is 0 Å². The minimum Gasteiger partial charge on any atom is -0.491 e. The molecule has 0 aliphatic heterocycles. The lowest BCUT2D eigenvalue weighted by molar-refractivity contribution is -0.141. The number of rotatable bonds is 7. The summed E-state index contributed by atoms with van der Waals surface area (Å²) in [5.74, 6) is 0.610. The summed E-state index contributed by atoms with van der Waals surface area (Å²) in [5, 5.41) is 1.43. The smallest absolute Gasteiger partial charge is 0.325 e. The first-order chi connectivity index (χ1) is 13.1. The maximum atomic E-state index is 12.8. The molecule has 0 saturated heterocycles. The molecule has 0 radical (unpaired) electrons. The fraction of sp³-hybridized carbons (Fsp3) is 0.211. The first-order valence-electron chi connectivity index (χ1n) is 8.16. The zero-order valence-electron chi connectivity index (χ0n) is 14.6. The van der Waals surface area contributed by atoms with Gasteiger partial charge in [-0.3, -0.25) is 14.2 Å². The summed E-state index contributed by atoms with van der Waals surface area (Å²) >= 11 is 7.39. The maximum absolute atomic E-state index is 12.8. The molecule has 27 heavy (non-hydrogen) atoms. The lowest BCUT2D eigenvalue weighted by Gasteiger charge is -2.12. The molecular weight excluding hydrogens is 388 g/mol. The van der Waals surface area contributed by atoms with Crippen LogP contribution in [0.4, 0.5) is 0 Å². The highest BCUT2D eigenvalue weighted by Gasteiger charge is 2.14. The molecule has 1 heterocycles. The zero-order valence-corrected chi connectivity index (χ0v) is 16.1. The Labute approximate surface area is 165 Å². The van der Waals surface area contributed by atoms with E-state index in [9.17, 15) is 9.59 Å². The minimum atomic E-state index is -0.511. The number of nitrogens with zero attached hydrogens (tertiary/aromatic N) is 2. The van der Waals surface area contributed by atoms with Crippen molar-refractivity contribution in [2.45, 2.75) is 11.7 Å². The molecule has 0 aliphatic rings. The van der Waals surface area contributed by atoms with Gasteiger partial charge < -0.3 is 9.47 Å². The average Bonchev–Trinajstić information content (AvgIpc) is 2.69. The fourth-order valence-corrected chi connectivity index (χ4v) is 3.44. The van der Waals surface area contributed by atoms with Crippen LogP contribution in [0.2, 0.25) is 5.02 Å². The van der Waals surface area contributed by atoms with E-state index in [0.29, 0.717) is 39.2 Å². The molecule has 2 aromatic carbocycles. The van der Waals surface area contributed by atoms with E-state index in [2.05, 4.69) is 4.98 Å². The van der Waals surface area contributed by atoms with Crippen LogP contribution in [0.25, 0.3) is 10.9 Å². The van der Waals surface area contributed by atoms with Gasteiger partial charge in [0.1, 0.15) is 12.3 Å². The van der Waals surface area contributed by atoms with E-state index in [4.69, 9.17) is 21.1 Å². The number of benzene rings is 2. The third-order valence-electron chi connectivity index (χ3n) is 3.75. The number of carbonyl (C=O) groups is 1. The van der Waals surface area contributed by atoms with Gasteiger partial charge >= 0.3 is 5.97 Å². The van der Waals surface area contributed by atoms with Gasteiger partial charge in [-0.15, -0.1) is 0 Å². The topological polar surface area (TPSA) is 70.4 Å². The second kappa shape index (κ2) is 8.92. The van der Waals surface area contributed by atoms with Gasteiger partial charge in [0, 0.05) is 5.75 Å². The highest BCUT2D eigenvalue weighted by atomic mass is 35.5. The fourth-order valence-electron chi connectivity index (χ4n) is 2.44. The van der Waals surface area contributed by atoms with E-state index in [1.165, 1.54) is 23.4 Å². The Balaban J connectivity index is 1.79. The van der Waals surface area contributed by atoms with Crippen molar-refractivity contribution in [3.05, 3.63) is 63.9 Å². The number of para-hydroxylation sites is 2. The Morgan fingerprint density at radius 3 is 2.70 bits per heavy atom. The van der Waals surface area contributed by atoms with E-state index in [-0.39, 0.29) is 12.1 Å². The standard InChI is InChI=1S/C19H17ClN2O4S/c1-25-17(23)12-22-18(24)13-6-2-4-8-15(13)21-19(22)27-11-10-26-16-9-5-3-7-14(16)20/h2-9H,10-12H2,1H3. The molecule has 0 N–H and O–H groups in total. The Bertz CT molecular complexity index is 1020. The predicted molar refractivity (Wildman–Crippen MR) is 106 cm³/mol. The van der Waals surface area contributed by atoms with Gasteiger partial charge in [0.15, 0.2) is 5.16 Å². The lowest BCUT2D eigenvalue weighted by atomic mass is 10.2. The molecule has 0 unspecified atom stereocenters. The van der Waals surface area contributed by atoms with Crippen molar-refractivity contribution in [2.24, 2.45) is 0 Å². The zero-order chi connectivity index (χ0) is 19.2. The Morgan fingerprint density at radius 1 is 1.19 bits per heavy atom. The van der Waals surface area contributed by atoms with Crippen molar-refractivity contribution in [3.63, 3.8) is 0 Å². The van der Waals surface area contributed by atoms with Crippen molar-refractivity contribution in [2.75, 3.05) is 19.5 Å². The second-order valence-corrected chi connectivity index (χ2v) is 6.98. The first kappa shape index (κ1) is 19.3. The summed E-state index contributed by atoms with van der Waals surface area (Å²) in [7, 11) is 1.28. The van der Waals surface area contributed by atoms with Crippen LogP contribution in [0.1, 0.15) is 0 Å². The normalized spacial score (nSPS) is 10.7. The van der Waals surface area contributed by atoms with Gasteiger partial charge in [-0.2, -0.15) is 0 Å². The van der Waals surface area contributed by atoms with Crippen LogP contribution in [0, 0.1) is 0 Å². The van der Waals surface area contributed by atoms with Crippen molar-refractivity contribution in [1.29, 1.82) is 0 Å². The number of carbonyl (C=O) groups excluding carboxylic acids is 1. The van der Waals surface area contributed by atoms with Gasteiger partial charge in [-0.05, 0) is 24.3 Å². The minimum absolute atomic E-state index is 0.194. The summed E-state index contributed by atoms with van der Waals surface area (Å²) in [6.07, 6.45) is 0. The monoisotopic (exact) mass is 404 g/mol. The Morgan fingerprint density at radius 2 is 1.93 bits per heavy atom. The largest absolute Gasteiger partial charge is 0.491 e. The number of methoxy groups -OCH3 is 1. The number of fused-ring (bicyclic) bond motifs is 1. The van der Waals surface area contributed by atoms with Crippen LogP contribution in [0.15, 0.2) is 58.5 Å². The number of aromatic nitrogens is 2. The number of thioether (sulfide) groups is 1. The molecule has 0 aliphatic carbocycles. The number of esters is 1. The van der Waals surface area contributed by atoms with E-state index < -0.39 is 5.97 Å². The summed E-state index contributed by atoms with van der Waals surface area (Å²) < 4.78 is 11.7. The maximum Gasteiger partial charge on any atom is 0.325 e. The van der Waals surface area contributed by atoms with Crippen LogP contribution in [0.3, 0.4) is 0 Å². The summed E-state index contributed by atoms with van der Waals surface area (Å²) in [5.41, 5.74) is 0.304. The van der Waals surface area contributed by atoms with Gasteiger partial charge in [-0.1, -0.05) is 47.6 Å². The summed E-state index contributed by atoms with van der Waals surface area (Å²) in [6, 6.07) is 14.2. The Kier molecular flexibility index (Phi) is 6.36. The SMILES string of the molecule is COC(=O)Cn1c(SCCOc2ccccc2Cl)nc2ccccc2c1=O. The van der Waals surface area contributed by atoms with Crippen LogP contribution in [0.5, 0.6) is 5.75 Å². The molecule has 0 amide bonds. The molecule has 0 bridgehead atoms. The molecule has 0 atom stereocenters. The van der Waals surface area contributed by atoms with E-state index >= 15 is 0 Å². The summed E-state index contributed by atoms with van der Waals surface area (Å²) in [4.78, 5) is 29.0. The van der Waals surface area contributed by atoms with Gasteiger partial charge in [0.25, 0.3) is 5.56 Å². The Hall–Kier alpha value is -2.51. The molecule has 0 saturated carbocycles. The molecule has 140 valence electrons. The predicted octanol–water partition coefficient (Wildman–Crippen LogP) is 3.39. The number of hydrogen-bond donors (Lipinski definition) is 0. The third kappa shape index (κ3) is 4.61. The van der Waals surface area contributed by atoms with Gasteiger partial charge in [0.2, 0.25) is 0 Å². The molecular formula is C19H17ClN2O4S. The highest BCUT2D eigenvalue weighted by molar-refractivity contribution is 7.99. The van der Waals surface area contributed by atoms with Crippen molar-refractivity contribution in [1.82, 2.24) is 9.55 Å². The van der Waals surface area contributed by atoms with Crippen LogP contribution < -0.4 is 10.3 Å². The first-order valence-corrected chi connectivity index (χ1v) is 9.53. The quantitative estimate of drug-likeness (QED) is 0.260. The molecule has 3 rings (SSSR count). The number of hydrogen-bond acceptors (Lipinski definition) is 6. The van der Waals surface area contributed by atoms with Gasteiger partial charge in [-0.25, -0.2) is 4.98 Å². The average molecular weight is 405 g/mol. The molecule has 8 heteroatoms. The van der Waals surface area contributed by atoms with Crippen LogP contribution >= 0.6 is 23.4 Å². The molecule has 0 spiro atoms. The van der Waals surface area contributed by atoms with Crippen LogP contribution in [-0.4, -0.2) is 35.0 Å². The molecule has 0 fully saturated rings. The van der Waals surface area contributed by atoms with Crippen molar-refractivity contribution < 1.29 is 14.3 Å². The lowest BCUT2D eigenvalue weighted by Crippen LogP contribution is -2.27. The second-order valence-electron chi connectivity index (χ2n) is 5.51. The summed E-state index contributed by atoms with van der Waals surface area (Å²) in [6.45, 7) is 0.177. The highest BCUT2D eigenvalue weighted by Crippen LogP contribution is 2.24. The third-order valence-corrected chi connectivity index (χ3v) is 5.00. The molecule has 3 aromatic rings. The van der Waals surface area contributed by atoms with E-state index in [1.54, 1.807) is 30.3 Å².